The topological polar surface area (TPSA) is 48.0 Å². The van der Waals surface area contributed by atoms with E-state index in [4.69, 9.17) is 14.2 Å². The second-order valence-electron chi connectivity index (χ2n) is 5.34. The van der Waals surface area contributed by atoms with E-state index in [0.717, 1.165) is 32.6 Å². The maximum atomic E-state index is 12.5. The van der Waals surface area contributed by atoms with Gasteiger partial charge in [0.25, 0.3) is 5.91 Å². The molecule has 5 heteroatoms. The van der Waals surface area contributed by atoms with Crippen LogP contribution in [0.4, 0.5) is 0 Å². The fourth-order valence-corrected chi connectivity index (χ4v) is 2.55. The average molecular weight is 293 g/mol. The lowest BCUT2D eigenvalue weighted by molar-refractivity contribution is 0.0497. The van der Waals surface area contributed by atoms with Crippen LogP contribution in [0.25, 0.3) is 0 Å². The van der Waals surface area contributed by atoms with E-state index in [1.165, 1.54) is 0 Å². The van der Waals surface area contributed by atoms with Gasteiger partial charge < -0.3 is 19.1 Å². The first kappa shape index (κ1) is 15.6. The van der Waals surface area contributed by atoms with E-state index in [0.29, 0.717) is 23.0 Å². The fraction of sp³-hybridized carbons (Fsp3) is 0.562. The number of hydrogen-bond acceptors (Lipinski definition) is 4. The number of ether oxygens (including phenoxy) is 3. The zero-order valence-corrected chi connectivity index (χ0v) is 12.9. The van der Waals surface area contributed by atoms with Crippen LogP contribution in [-0.2, 0) is 4.74 Å². The highest BCUT2D eigenvalue weighted by Crippen LogP contribution is 2.24. The molecule has 1 saturated heterocycles. The summed E-state index contributed by atoms with van der Waals surface area (Å²) in [6.07, 6.45) is 2.03. The van der Waals surface area contributed by atoms with Gasteiger partial charge in [0.1, 0.15) is 11.5 Å². The minimum atomic E-state index is -0.0151. The molecule has 0 saturated carbocycles. The minimum Gasteiger partial charge on any atom is -0.497 e. The van der Waals surface area contributed by atoms with Gasteiger partial charge in [-0.2, -0.15) is 0 Å². The van der Waals surface area contributed by atoms with E-state index in [9.17, 15) is 4.79 Å². The Balaban J connectivity index is 2.07. The molecule has 0 aromatic heterocycles. The SMILES string of the molecule is COc1cc(OC)cc(C(=O)N(C)CC2CCOCC2)c1. The summed E-state index contributed by atoms with van der Waals surface area (Å²) in [6.45, 7) is 2.33. The number of benzene rings is 1. The second kappa shape index (κ2) is 7.31. The summed E-state index contributed by atoms with van der Waals surface area (Å²) < 4.78 is 15.8. The van der Waals surface area contributed by atoms with Crippen LogP contribution in [-0.4, -0.2) is 51.8 Å². The maximum Gasteiger partial charge on any atom is 0.253 e. The molecule has 1 aliphatic heterocycles. The number of rotatable bonds is 5. The third-order valence-corrected chi connectivity index (χ3v) is 3.82. The number of hydrogen-bond donors (Lipinski definition) is 0. The first-order valence-corrected chi connectivity index (χ1v) is 7.20. The molecule has 116 valence electrons. The van der Waals surface area contributed by atoms with Crippen LogP contribution in [0.3, 0.4) is 0 Å². The summed E-state index contributed by atoms with van der Waals surface area (Å²) in [5.41, 5.74) is 0.584. The molecule has 21 heavy (non-hydrogen) atoms. The second-order valence-corrected chi connectivity index (χ2v) is 5.34. The fourth-order valence-electron chi connectivity index (χ4n) is 2.55. The third-order valence-electron chi connectivity index (χ3n) is 3.82. The van der Waals surface area contributed by atoms with Crippen molar-refractivity contribution in [3.8, 4) is 11.5 Å². The normalized spacial score (nSPS) is 15.6. The highest BCUT2D eigenvalue weighted by atomic mass is 16.5. The molecule has 1 heterocycles. The molecule has 1 aromatic carbocycles. The molecular weight excluding hydrogens is 270 g/mol. The van der Waals surface area contributed by atoms with Gasteiger partial charge in [-0.25, -0.2) is 0 Å². The minimum absolute atomic E-state index is 0.0151. The van der Waals surface area contributed by atoms with Crippen LogP contribution in [0, 0.1) is 5.92 Å². The average Bonchev–Trinajstić information content (AvgIpc) is 2.54. The molecule has 0 spiro atoms. The predicted octanol–water partition coefficient (Wildman–Crippen LogP) is 2.20. The Morgan fingerprint density at radius 2 is 1.76 bits per heavy atom. The first-order chi connectivity index (χ1) is 10.1. The highest BCUT2D eigenvalue weighted by molar-refractivity contribution is 5.95. The lowest BCUT2D eigenvalue weighted by atomic mass is 9.99. The maximum absolute atomic E-state index is 12.5. The van der Waals surface area contributed by atoms with E-state index in [-0.39, 0.29) is 5.91 Å². The van der Waals surface area contributed by atoms with Crippen molar-refractivity contribution >= 4 is 5.91 Å². The lowest BCUT2D eigenvalue weighted by Gasteiger charge is -2.27. The summed E-state index contributed by atoms with van der Waals surface area (Å²) in [6, 6.07) is 5.24. The van der Waals surface area contributed by atoms with Crippen LogP contribution < -0.4 is 9.47 Å². The summed E-state index contributed by atoms with van der Waals surface area (Å²) in [4.78, 5) is 14.3. The number of carbonyl (C=O) groups excluding carboxylic acids is 1. The molecule has 0 atom stereocenters. The van der Waals surface area contributed by atoms with Gasteiger partial charge in [0.15, 0.2) is 0 Å². The van der Waals surface area contributed by atoms with E-state index in [1.807, 2.05) is 7.05 Å². The van der Waals surface area contributed by atoms with Gasteiger partial charge >= 0.3 is 0 Å². The summed E-state index contributed by atoms with van der Waals surface area (Å²) in [5.74, 6) is 1.74. The molecule has 0 radical (unpaired) electrons. The van der Waals surface area contributed by atoms with Crippen LogP contribution in [0.1, 0.15) is 23.2 Å². The molecule has 1 aliphatic rings. The van der Waals surface area contributed by atoms with Gasteiger partial charge in [-0.1, -0.05) is 0 Å². The van der Waals surface area contributed by atoms with E-state index >= 15 is 0 Å². The van der Waals surface area contributed by atoms with Crippen LogP contribution >= 0.6 is 0 Å². The zero-order valence-electron chi connectivity index (χ0n) is 12.9. The van der Waals surface area contributed by atoms with Crippen molar-refractivity contribution in [2.24, 2.45) is 5.92 Å². The molecule has 0 aliphatic carbocycles. The van der Waals surface area contributed by atoms with Gasteiger partial charge in [0, 0.05) is 38.4 Å². The monoisotopic (exact) mass is 293 g/mol. The van der Waals surface area contributed by atoms with E-state index < -0.39 is 0 Å². The zero-order chi connectivity index (χ0) is 15.2. The molecule has 1 fully saturated rings. The van der Waals surface area contributed by atoms with Crippen molar-refractivity contribution in [2.75, 3.05) is 41.0 Å². The first-order valence-electron chi connectivity index (χ1n) is 7.20. The third kappa shape index (κ3) is 4.11. The van der Waals surface area contributed by atoms with Crippen molar-refractivity contribution in [1.29, 1.82) is 0 Å². The molecule has 1 amide bonds. The Morgan fingerprint density at radius 3 is 2.29 bits per heavy atom. The lowest BCUT2D eigenvalue weighted by Crippen LogP contribution is -2.34. The van der Waals surface area contributed by atoms with Crippen molar-refractivity contribution in [1.82, 2.24) is 4.90 Å². The predicted molar refractivity (Wildman–Crippen MR) is 80.0 cm³/mol. The van der Waals surface area contributed by atoms with Crippen LogP contribution in [0.15, 0.2) is 18.2 Å². The van der Waals surface area contributed by atoms with Gasteiger partial charge in [-0.05, 0) is 30.9 Å². The van der Waals surface area contributed by atoms with Crippen molar-refractivity contribution in [3.05, 3.63) is 23.8 Å². The van der Waals surface area contributed by atoms with E-state index in [2.05, 4.69) is 0 Å². The Kier molecular flexibility index (Phi) is 5.44. The van der Waals surface area contributed by atoms with Crippen molar-refractivity contribution in [3.63, 3.8) is 0 Å². The summed E-state index contributed by atoms with van der Waals surface area (Å²) >= 11 is 0. The molecule has 2 rings (SSSR count). The molecule has 0 unspecified atom stereocenters. The largest absolute Gasteiger partial charge is 0.497 e. The van der Waals surface area contributed by atoms with Gasteiger partial charge in [0.05, 0.1) is 14.2 Å². The van der Waals surface area contributed by atoms with Crippen LogP contribution in [0.2, 0.25) is 0 Å². The highest BCUT2D eigenvalue weighted by Gasteiger charge is 2.20. The van der Waals surface area contributed by atoms with Gasteiger partial charge in [-0.3, -0.25) is 4.79 Å². The summed E-state index contributed by atoms with van der Waals surface area (Å²) in [5, 5.41) is 0. The molecular formula is C16H23NO4. The van der Waals surface area contributed by atoms with Gasteiger partial charge in [0.2, 0.25) is 0 Å². The number of methoxy groups -OCH3 is 2. The molecule has 1 aromatic rings. The van der Waals surface area contributed by atoms with Crippen LogP contribution in [0.5, 0.6) is 11.5 Å². The summed E-state index contributed by atoms with van der Waals surface area (Å²) in [7, 11) is 4.99. The van der Waals surface area contributed by atoms with Crippen molar-refractivity contribution < 1.29 is 19.0 Å². The Bertz CT molecular complexity index is 461. The Morgan fingerprint density at radius 1 is 1.19 bits per heavy atom. The molecule has 0 bridgehead atoms. The smallest absolute Gasteiger partial charge is 0.253 e. The Labute approximate surface area is 125 Å². The van der Waals surface area contributed by atoms with Gasteiger partial charge in [-0.15, -0.1) is 0 Å². The molecule has 0 N–H and O–H groups in total. The standard InChI is InChI=1S/C16H23NO4/c1-17(11-12-4-6-21-7-5-12)16(18)13-8-14(19-2)10-15(9-13)20-3/h8-10,12H,4-7,11H2,1-3H3. The van der Waals surface area contributed by atoms with E-state index in [1.54, 1.807) is 37.3 Å². The number of amides is 1. The Hall–Kier alpha value is -1.75. The quantitative estimate of drug-likeness (QED) is 0.835. The number of carbonyl (C=O) groups is 1. The number of nitrogens with zero attached hydrogens (tertiary/aromatic N) is 1. The molecule has 5 nitrogen and oxygen atoms in total. The van der Waals surface area contributed by atoms with Crippen molar-refractivity contribution in [2.45, 2.75) is 12.8 Å².